The summed E-state index contributed by atoms with van der Waals surface area (Å²) in [6.45, 7) is 2.54. The third-order valence-electron chi connectivity index (χ3n) is 4.59. The summed E-state index contributed by atoms with van der Waals surface area (Å²) >= 11 is 1.41. The van der Waals surface area contributed by atoms with Gasteiger partial charge < -0.3 is 14.9 Å². The number of thiophene rings is 1. The van der Waals surface area contributed by atoms with Crippen molar-refractivity contribution in [3.8, 4) is 0 Å². The Morgan fingerprint density at radius 3 is 2.57 bits per heavy atom. The van der Waals surface area contributed by atoms with E-state index in [0.29, 0.717) is 18.7 Å². The first-order chi connectivity index (χ1) is 12.8. The summed E-state index contributed by atoms with van der Waals surface area (Å²) in [5, 5.41) is 12.6. The smallest absolute Gasteiger partial charge is 0.295 e. The van der Waals surface area contributed by atoms with Gasteiger partial charge in [-0.1, -0.05) is 18.2 Å². The lowest BCUT2D eigenvalue weighted by Gasteiger charge is -2.25. The number of aliphatic hydroxyl groups excluding tert-OH is 1. The van der Waals surface area contributed by atoms with E-state index in [1.807, 2.05) is 36.5 Å². The van der Waals surface area contributed by atoms with Crippen LogP contribution < -0.4 is 0 Å². The SMILES string of the molecule is Cc1ccc(C(O)=C2C(=O)C(=O)N(CCN(C)C)C2c2cccs2)cc1F.Cl. The van der Waals surface area contributed by atoms with Crippen LogP contribution in [0.4, 0.5) is 4.39 Å². The molecule has 1 aromatic carbocycles. The van der Waals surface area contributed by atoms with Crippen molar-refractivity contribution >= 4 is 41.2 Å². The van der Waals surface area contributed by atoms with Crippen molar-refractivity contribution in [2.75, 3.05) is 27.2 Å². The molecule has 2 aromatic rings. The van der Waals surface area contributed by atoms with Crippen molar-refractivity contribution in [2.45, 2.75) is 13.0 Å². The van der Waals surface area contributed by atoms with Crippen LogP contribution in [0, 0.1) is 12.7 Å². The summed E-state index contributed by atoms with van der Waals surface area (Å²) in [5.41, 5.74) is 0.627. The average molecular weight is 425 g/mol. The molecule has 1 N–H and O–H groups in total. The van der Waals surface area contributed by atoms with E-state index in [0.717, 1.165) is 4.88 Å². The van der Waals surface area contributed by atoms with E-state index in [1.165, 1.54) is 28.4 Å². The summed E-state index contributed by atoms with van der Waals surface area (Å²) in [4.78, 5) is 29.5. The number of nitrogens with zero attached hydrogens (tertiary/aromatic N) is 2. The highest BCUT2D eigenvalue weighted by molar-refractivity contribution is 7.10. The van der Waals surface area contributed by atoms with E-state index in [2.05, 4.69) is 0 Å². The van der Waals surface area contributed by atoms with Crippen molar-refractivity contribution in [3.63, 3.8) is 0 Å². The lowest BCUT2D eigenvalue weighted by atomic mass is 9.99. The first-order valence-corrected chi connectivity index (χ1v) is 9.42. The second-order valence-electron chi connectivity index (χ2n) is 6.78. The zero-order chi connectivity index (χ0) is 19.7. The Morgan fingerprint density at radius 1 is 1.29 bits per heavy atom. The summed E-state index contributed by atoms with van der Waals surface area (Å²) in [7, 11) is 3.76. The van der Waals surface area contributed by atoms with Gasteiger partial charge in [0.1, 0.15) is 11.6 Å². The minimum atomic E-state index is -0.745. The molecule has 150 valence electrons. The standard InChI is InChI=1S/C20H21FN2O3S.ClH/c1-12-6-7-13(11-14(12)21)18(24)16-17(15-5-4-10-27-15)23(9-8-22(2)3)20(26)19(16)25;/h4-7,10-11,17,24H,8-9H2,1-3H3;1H. The summed E-state index contributed by atoms with van der Waals surface area (Å²) in [6, 6.07) is 7.25. The second-order valence-corrected chi connectivity index (χ2v) is 7.75. The molecule has 2 heterocycles. The van der Waals surface area contributed by atoms with Gasteiger partial charge in [-0.15, -0.1) is 23.7 Å². The number of likely N-dealkylation sites (N-methyl/N-ethyl adjacent to an activating group) is 1. The maximum atomic E-state index is 14.0. The van der Waals surface area contributed by atoms with Gasteiger partial charge in [-0.3, -0.25) is 9.59 Å². The average Bonchev–Trinajstić information content (AvgIpc) is 3.23. The van der Waals surface area contributed by atoms with Crippen molar-refractivity contribution in [1.29, 1.82) is 0 Å². The number of Topliss-reactive ketones (excluding diaryl/α,β-unsaturated/α-hetero) is 1. The van der Waals surface area contributed by atoms with Crippen LogP contribution in [0.1, 0.15) is 22.0 Å². The van der Waals surface area contributed by atoms with E-state index >= 15 is 0 Å². The fraction of sp³-hybridized carbons (Fsp3) is 0.300. The van der Waals surface area contributed by atoms with Crippen LogP contribution in [-0.2, 0) is 9.59 Å². The molecule has 0 bridgehead atoms. The summed E-state index contributed by atoms with van der Waals surface area (Å²) in [5.74, 6) is -2.22. The van der Waals surface area contributed by atoms with Crippen molar-refractivity contribution in [1.82, 2.24) is 9.80 Å². The van der Waals surface area contributed by atoms with E-state index in [-0.39, 0.29) is 29.3 Å². The molecular weight excluding hydrogens is 403 g/mol. The number of halogens is 2. The molecule has 1 unspecified atom stereocenters. The lowest BCUT2D eigenvalue weighted by molar-refractivity contribution is -0.140. The number of hydrogen-bond donors (Lipinski definition) is 1. The van der Waals surface area contributed by atoms with Gasteiger partial charge >= 0.3 is 0 Å². The van der Waals surface area contributed by atoms with Gasteiger partial charge in [-0.25, -0.2) is 4.39 Å². The third-order valence-corrected chi connectivity index (χ3v) is 5.51. The molecular formula is C20H22ClFN2O3S. The topological polar surface area (TPSA) is 60.9 Å². The van der Waals surface area contributed by atoms with Crippen LogP contribution >= 0.6 is 23.7 Å². The highest BCUT2D eigenvalue weighted by Crippen LogP contribution is 2.40. The molecule has 1 saturated heterocycles. The van der Waals surface area contributed by atoms with Gasteiger partial charge in [-0.05, 0) is 44.1 Å². The number of amides is 1. The number of likely N-dealkylation sites (tertiary alicyclic amines) is 1. The van der Waals surface area contributed by atoms with E-state index < -0.39 is 23.5 Å². The molecule has 0 aliphatic carbocycles. The quantitative estimate of drug-likeness (QED) is 0.452. The minimum Gasteiger partial charge on any atom is -0.507 e. The number of ketones is 1. The highest BCUT2D eigenvalue weighted by Gasteiger charge is 2.46. The Balaban J connectivity index is 0.00000280. The third kappa shape index (κ3) is 4.11. The molecule has 0 spiro atoms. The number of benzene rings is 1. The molecule has 1 aromatic heterocycles. The van der Waals surface area contributed by atoms with Gasteiger partial charge in [0.05, 0.1) is 11.6 Å². The summed E-state index contributed by atoms with van der Waals surface area (Å²) in [6.07, 6.45) is 0. The Bertz CT molecular complexity index is 912. The molecule has 1 atom stereocenters. The number of carbonyl (C=O) groups excluding carboxylic acids is 2. The minimum absolute atomic E-state index is 0. The maximum Gasteiger partial charge on any atom is 0.295 e. The zero-order valence-electron chi connectivity index (χ0n) is 15.8. The van der Waals surface area contributed by atoms with Crippen molar-refractivity contribution in [2.24, 2.45) is 0 Å². The Morgan fingerprint density at radius 2 is 2.00 bits per heavy atom. The van der Waals surface area contributed by atoms with Crippen LogP contribution in [0.3, 0.4) is 0 Å². The van der Waals surface area contributed by atoms with Gasteiger partial charge in [0, 0.05) is 23.5 Å². The molecule has 0 saturated carbocycles. The van der Waals surface area contributed by atoms with E-state index in [9.17, 15) is 19.1 Å². The molecule has 28 heavy (non-hydrogen) atoms. The molecule has 1 aliphatic rings. The molecule has 0 radical (unpaired) electrons. The second kappa shape index (κ2) is 8.86. The fourth-order valence-corrected chi connectivity index (χ4v) is 3.90. The highest BCUT2D eigenvalue weighted by atomic mass is 35.5. The monoisotopic (exact) mass is 424 g/mol. The van der Waals surface area contributed by atoms with Crippen LogP contribution in [-0.4, -0.2) is 53.8 Å². The first kappa shape index (κ1) is 22.1. The predicted molar refractivity (Wildman–Crippen MR) is 110 cm³/mol. The molecule has 5 nitrogen and oxygen atoms in total. The van der Waals surface area contributed by atoms with Crippen molar-refractivity contribution < 1.29 is 19.1 Å². The van der Waals surface area contributed by atoms with Gasteiger partial charge in [0.25, 0.3) is 11.7 Å². The van der Waals surface area contributed by atoms with Gasteiger partial charge in [-0.2, -0.15) is 0 Å². The zero-order valence-corrected chi connectivity index (χ0v) is 17.4. The molecule has 8 heteroatoms. The number of rotatable bonds is 5. The van der Waals surface area contributed by atoms with Crippen LogP contribution in [0.5, 0.6) is 0 Å². The van der Waals surface area contributed by atoms with Crippen LogP contribution in [0.25, 0.3) is 5.76 Å². The number of carbonyl (C=O) groups is 2. The number of aryl methyl sites for hydroxylation is 1. The van der Waals surface area contributed by atoms with Crippen molar-refractivity contribution in [3.05, 3.63) is 63.1 Å². The Hall–Kier alpha value is -2.22. The van der Waals surface area contributed by atoms with Crippen LogP contribution in [0.2, 0.25) is 0 Å². The van der Waals surface area contributed by atoms with E-state index in [1.54, 1.807) is 13.0 Å². The van der Waals surface area contributed by atoms with Crippen LogP contribution in [0.15, 0.2) is 41.3 Å². The largest absolute Gasteiger partial charge is 0.507 e. The van der Waals surface area contributed by atoms with Gasteiger partial charge in [0.2, 0.25) is 0 Å². The van der Waals surface area contributed by atoms with Gasteiger partial charge in [0.15, 0.2) is 0 Å². The summed E-state index contributed by atoms with van der Waals surface area (Å²) < 4.78 is 14.0. The lowest BCUT2D eigenvalue weighted by Crippen LogP contribution is -2.35. The number of aliphatic hydroxyl groups is 1. The Kier molecular flexibility index (Phi) is 6.98. The maximum absolute atomic E-state index is 14.0. The van der Waals surface area contributed by atoms with E-state index in [4.69, 9.17) is 0 Å². The number of hydrogen-bond acceptors (Lipinski definition) is 5. The molecule has 1 amide bonds. The normalized spacial score (nSPS) is 18.6. The molecule has 1 fully saturated rings. The Labute approximate surface area is 173 Å². The predicted octanol–water partition coefficient (Wildman–Crippen LogP) is 3.60. The first-order valence-electron chi connectivity index (χ1n) is 8.54. The molecule has 1 aliphatic heterocycles. The fourth-order valence-electron chi connectivity index (χ4n) is 3.06. The molecule has 3 rings (SSSR count).